The van der Waals surface area contributed by atoms with E-state index >= 15 is 0 Å². The van der Waals surface area contributed by atoms with Crippen LogP contribution in [0.2, 0.25) is 0 Å². The molecule has 1 N–H and O–H groups in total. The average Bonchev–Trinajstić information content (AvgIpc) is 3.22. The molecular weight excluding hydrogens is 238 g/mol. The molecule has 0 aromatic carbocycles. The molecule has 1 saturated carbocycles. The highest BCUT2D eigenvalue weighted by Gasteiger charge is 2.28. The molecule has 0 saturated heterocycles. The van der Waals surface area contributed by atoms with Gasteiger partial charge in [0.25, 0.3) is 0 Å². The molecule has 0 spiro atoms. The van der Waals surface area contributed by atoms with Crippen LogP contribution in [0.1, 0.15) is 25.0 Å². The van der Waals surface area contributed by atoms with Crippen molar-refractivity contribution in [1.82, 2.24) is 9.88 Å². The van der Waals surface area contributed by atoms with E-state index in [2.05, 4.69) is 27.9 Å². The molecule has 2 heterocycles. The molecule has 1 atom stereocenters. The van der Waals surface area contributed by atoms with Crippen LogP contribution in [0, 0.1) is 5.92 Å². The van der Waals surface area contributed by atoms with Crippen LogP contribution in [0.3, 0.4) is 0 Å². The van der Waals surface area contributed by atoms with Crippen molar-refractivity contribution < 1.29 is 5.11 Å². The number of aliphatic hydroxyl groups is 1. The largest absolute Gasteiger partial charge is 0.394 e. The van der Waals surface area contributed by atoms with Crippen LogP contribution in [0.25, 0.3) is 0 Å². The van der Waals surface area contributed by atoms with E-state index < -0.39 is 0 Å². The van der Waals surface area contributed by atoms with Gasteiger partial charge in [-0.1, -0.05) is 0 Å². The number of likely N-dealkylation sites (N-methyl/N-ethyl adjacent to an activating group) is 1. The molecular formula is C15H23N3O. The molecule has 3 rings (SSSR count). The van der Waals surface area contributed by atoms with Crippen molar-refractivity contribution in [2.45, 2.75) is 31.8 Å². The number of pyridine rings is 1. The Morgan fingerprint density at radius 3 is 2.95 bits per heavy atom. The van der Waals surface area contributed by atoms with Gasteiger partial charge in [-0.05, 0) is 37.3 Å². The van der Waals surface area contributed by atoms with Crippen molar-refractivity contribution >= 4 is 5.69 Å². The fourth-order valence-corrected chi connectivity index (χ4v) is 2.92. The van der Waals surface area contributed by atoms with Crippen molar-refractivity contribution in [1.29, 1.82) is 0 Å². The fourth-order valence-electron chi connectivity index (χ4n) is 2.92. The number of anilines is 1. The second-order valence-corrected chi connectivity index (χ2v) is 5.88. The quantitative estimate of drug-likeness (QED) is 0.895. The molecule has 1 unspecified atom stereocenters. The predicted molar refractivity (Wildman–Crippen MR) is 76.1 cm³/mol. The van der Waals surface area contributed by atoms with E-state index in [1.54, 1.807) is 0 Å². The van der Waals surface area contributed by atoms with Gasteiger partial charge in [-0.25, -0.2) is 0 Å². The first-order chi connectivity index (χ1) is 9.28. The summed E-state index contributed by atoms with van der Waals surface area (Å²) in [4.78, 5) is 9.26. The summed E-state index contributed by atoms with van der Waals surface area (Å²) in [5, 5.41) is 9.60. The highest BCUT2D eigenvalue weighted by molar-refractivity contribution is 5.51. The molecule has 2 aliphatic rings. The Balaban J connectivity index is 1.84. The molecule has 0 radical (unpaired) electrons. The second kappa shape index (κ2) is 5.47. The smallest absolute Gasteiger partial charge is 0.0776 e. The lowest BCUT2D eigenvalue weighted by atomic mass is 10.1. The summed E-state index contributed by atoms with van der Waals surface area (Å²) in [6.07, 6.45) is 5.66. The van der Waals surface area contributed by atoms with Gasteiger partial charge in [-0.2, -0.15) is 0 Å². The van der Waals surface area contributed by atoms with Crippen molar-refractivity contribution in [2.75, 3.05) is 31.6 Å². The van der Waals surface area contributed by atoms with Gasteiger partial charge >= 0.3 is 0 Å². The van der Waals surface area contributed by atoms with Crippen LogP contribution >= 0.6 is 0 Å². The molecule has 0 amide bonds. The monoisotopic (exact) mass is 261 g/mol. The molecule has 4 nitrogen and oxygen atoms in total. The Labute approximate surface area is 115 Å². The maximum absolute atomic E-state index is 9.60. The minimum absolute atomic E-state index is 0.199. The number of fused-ring (bicyclic) bond motifs is 1. The number of aliphatic hydroxyl groups excluding tert-OH is 1. The normalized spacial score (nSPS) is 24.7. The Bertz CT molecular complexity index is 433. The van der Waals surface area contributed by atoms with Gasteiger partial charge in [0.2, 0.25) is 0 Å². The number of rotatable bonds is 3. The number of hydrogen-bond donors (Lipinski definition) is 1. The van der Waals surface area contributed by atoms with Crippen LogP contribution < -0.4 is 4.90 Å². The molecule has 4 heteroatoms. The van der Waals surface area contributed by atoms with Crippen LogP contribution in [-0.4, -0.2) is 47.8 Å². The number of nitrogens with zero attached hydrogens (tertiary/aromatic N) is 3. The first kappa shape index (κ1) is 12.9. The molecule has 1 aromatic heterocycles. The van der Waals surface area contributed by atoms with E-state index in [1.165, 1.54) is 25.1 Å². The van der Waals surface area contributed by atoms with Gasteiger partial charge in [-0.15, -0.1) is 0 Å². The summed E-state index contributed by atoms with van der Waals surface area (Å²) in [6.45, 7) is 3.40. The summed E-state index contributed by atoms with van der Waals surface area (Å²) >= 11 is 0. The van der Waals surface area contributed by atoms with Crippen LogP contribution in [0.4, 0.5) is 5.69 Å². The minimum Gasteiger partial charge on any atom is -0.394 e. The first-order valence-corrected chi connectivity index (χ1v) is 7.28. The number of hydrogen-bond acceptors (Lipinski definition) is 4. The zero-order valence-electron chi connectivity index (χ0n) is 11.6. The van der Waals surface area contributed by atoms with E-state index in [4.69, 9.17) is 0 Å². The highest BCUT2D eigenvalue weighted by atomic mass is 16.3. The Morgan fingerprint density at radius 1 is 1.37 bits per heavy atom. The van der Waals surface area contributed by atoms with Crippen molar-refractivity contribution in [3.8, 4) is 0 Å². The molecule has 1 aromatic rings. The lowest BCUT2D eigenvalue weighted by Gasteiger charge is -2.35. The summed E-state index contributed by atoms with van der Waals surface area (Å²) in [5.74, 6) is 0.900. The second-order valence-electron chi connectivity index (χ2n) is 5.88. The standard InChI is InChI=1S/C15H23N3O/c1-17-13(11-19)6-8-18(9-12-4-5-12)10-14-15(17)3-2-7-16-14/h2-3,7,12-13,19H,4-6,8-11H2,1H3. The molecule has 1 aliphatic heterocycles. The maximum atomic E-state index is 9.60. The number of aromatic nitrogens is 1. The molecule has 1 fully saturated rings. The van der Waals surface area contributed by atoms with E-state index in [0.717, 1.165) is 31.1 Å². The topological polar surface area (TPSA) is 39.6 Å². The van der Waals surface area contributed by atoms with Crippen molar-refractivity contribution in [3.05, 3.63) is 24.0 Å². The predicted octanol–water partition coefficient (Wildman–Crippen LogP) is 1.49. The third-order valence-corrected chi connectivity index (χ3v) is 4.37. The summed E-state index contributed by atoms with van der Waals surface area (Å²) in [5.41, 5.74) is 2.31. The lowest BCUT2D eigenvalue weighted by molar-refractivity contribution is 0.204. The van der Waals surface area contributed by atoms with Gasteiger partial charge in [0.05, 0.1) is 24.0 Å². The van der Waals surface area contributed by atoms with E-state index in [1.807, 2.05) is 12.3 Å². The molecule has 1 aliphatic carbocycles. The van der Waals surface area contributed by atoms with Crippen LogP contribution in [-0.2, 0) is 6.54 Å². The summed E-state index contributed by atoms with van der Waals surface area (Å²) < 4.78 is 0. The fraction of sp³-hybridized carbons (Fsp3) is 0.667. The van der Waals surface area contributed by atoms with Gasteiger partial charge in [-0.3, -0.25) is 9.88 Å². The molecule has 0 bridgehead atoms. The minimum atomic E-state index is 0.199. The van der Waals surface area contributed by atoms with Crippen molar-refractivity contribution in [2.24, 2.45) is 5.92 Å². The summed E-state index contributed by atoms with van der Waals surface area (Å²) in [6, 6.07) is 4.30. The third-order valence-electron chi connectivity index (χ3n) is 4.37. The third kappa shape index (κ3) is 2.90. The average molecular weight is 261 g/mol. The molecule has 19 heavy (non-hydrogen) atoms. The zero-order chi connectivity index (χ0) is 13.2. The van der Waals surface area contributed by atoms with Gasteiger partial charge in [0.1, 0.15) is 0 Å². The SMILES string of the molecule is CN1c2cccnc2CN(CC2CC2)CCC1CO. The lowest BCUT2D eigenvalue weighted by Crippen LogP contribution is -2.42. The Kier molecular flexibility index (Phi) is 3.71. The maximum Gasteiger partial charge on any atom is 0.0776 e. The zero-order valence-corrected chi connectivity index (χ0v) is 11.6. The highest BCUT2D eigenvalue weighted by Crippen LogP contribution is 2.32. The molecule has 104 valence electrons. The van der Waals surface area contributed by atoms with Crippen LogP contribution in [0.15, 0.2) is 18.3 Å². The van der Waals surface area contributed by atoms with Gasteiger partial charge in [0.15, 0.2) is 0 Å². The van der Waals surface area contributed by atoms with Crippen molar-refractivity contribution in [3.63, 3.8) is 0 Å². The van der Waals surface area contributed by atoms with Gasteiger partial charge < -0.3 is 10.0 Å². The van der Waals surface area contributed by atoms with E-state index in [-0.39, 0.29) is 12.6 Å². The van der Waals surface area contributed by atoms with E-state index in [0.29, 0.717) is 0 Å². The Hall–Kier alpha value is -1.13. The first-order valence-electron chi connectivity index (χ1n) is 7.28. The van der Waals surface area contributed by atoms with Gasteiger partial charge in [0, 0.05) is 32.9 Å². The van der Waals surface area contributed by atoms with E-state index in [9.17, 15) is 5.11 Å². The van der Waals surface area contributed by atoms with Crippen LogP contribution in [0.5, 0.6) is 0 Å². The summed E-state index contributed by atoms with van der Waals surface area (Å²) in [7, 11) is 2.07. The Morgan fingerprint density at radius 2 is 2.21 bits per heavy atom.